The molecule has 2 rings (SSSR count). The second-order valence-electron chi connectivity index (χ2n) is 6.15. The molecule has 1 amide bonds. The molecule has 0 saturated carbocycles. The minimum atomic E-state index is -0.954. The standard InChI is InChI=1S/C13H8FNO3.C5H11NO2/c14-11-7-6-10(8-12(11)15(17)18)13(16)9-4-2-1-3-5-9;1-5(2,3)8-4(6)7/h1-8H;1-3H3,(H2,6,7). The summed E-state index contributed by atoms with van der Waals surface area (Å²) in [7, 11) is 0. The van der Waals surface area contributed by atoms with Gasteiger partial charge in [-0.3, -0.25) is 14.9 Å². The van der Waals surface area contributed by atoms with Crippen LogP contribution in [0.4, 0.5) is 14.9 Å². The summed E-state index contributed by atoms with van der Waals surface area (Å²) in [5.74, 6) is -1.33. The Morgan fingerprint density at radius 3 is 2.08 bits per heavy atom. The van der Waals surface area contributed by atoms with Crippen LogP contribution >= 0.6 is 0 Å². The lowest BCUT2D eigenvalue weighted by molar-refractivity contribution is -0.387. The number of benzene rings is 2. The van der Waals surface area contributed by atoms with Crippen LogP contribution in [-0.2, 0) is 4.74 Å². The molecule has 0 bridgehead atoms. The van der Waals surface area contributed by atoms with Crippen LogP contribution in [-0.4, -0.2) is 22.4 Å². The van der Waals surface area contributed by atoms with Crippen LogP contribution < -0.4 is 5.73 Å². The van der Waals surface area contributed by atoms with Gasteiger partial charge in [0.15, 0.2) is 5.78 Å². The molecule has 0 unspecified atom stereocenters. The van der Waals surface area contributed by atoms with Gasteiger partial charge in [-0.25, -0.2) is 4.79 Å². The number of carbonyl (C=O) groups is 2. The number of ether oxygens (including phenoxy) is 1. The number of nitro groups is 1. The van der Waals surface area contributed by atoms with E-state index in [1.165, 1.54) is 6.07 Å². The van der Waals surface area contributed by atoms with E-state index in [1.807, 2.05) is 0 Å². The molecule has 7 nitrogen and oxygen atoms in total. The van der Waals surface area contributed by atoms with Crippen LogP contribution in [0.2, 0.25) is 0 Å². The first-order valence-electron chi connectivity index (χ1n) is 7.53. The van der Waals surface area contributed by atoms with Gasteiger partial charge in [0.25, 0.3) is 0 Å². The van der Waals surface area contributed by atoms with E-state index < -0.39 is 28.1 Å². The first kappa shape index (κ1) is 20.8. The van der Waals surface area contributed by atoms with Crippen LogP contribution in [0.15, 0.2) is 48.5 Å². The van der Waals surface area contributed by atoms with Gasteiger partial charge in [-0.1, -0.05) is 30.3 Å². The Morgan fingerprint density at radius 2 is 1.65 bits per heavy atom. The van der Waals surface area contributed by atoms with Crippen molar-refractivity contribution in [3.8, 4) is 0 Å². The molecular weight excluding hydrogens is 343 g/mol. The molecule has 26 heavy (non-hydrogen) atoms. The third-order valence-corrected chi connectivity index (χ3v) is 2.85. The number of carbonyl (C=O) groups excluding carboxylic acids is 2. The van der Waals surface area contributed by atoms with Crippen molar-refractivity contribution in [2.45, 2.75) is 26.4 Å². The maximum atomic E-state index is 13.1. The van der Waals surface area contributed by atoms with Gasteiger partial charge < -0.3 is 10.5 Å². The highest BCUT2D eigenvalue weighted by atomic mass is 19.1. The predicted octanol–water partition coefficient (Wildman–Crippen LogP) is 3.85. The van der Waals surface area contributed by atoms with Gasteiger partial charge in [0.1, 0.15) is 5.60 Å². The number of nitrogens with zero attached hydrogens (tertiary/aromatic N) is 1. The Balaban J connectivity index is 0.000000359. The van der Waals surface area contributed by atoms with Crippen molar-refractivity contribution in [3.63, 3.8) is 0 Å². The minimum absolute atomic E-state index is 0.0919. The SMILES string of the molecule is CC(C)(C)OC(N)=O.O=C(c1ccccc1)c1ccc(F)c([N+](=O)[O-])c1. The summed E-state index contributed by atoms with van der Waals surface area (Å²) in [6.45, 7) is 5.28. The van der Waals surface area contributed by atoms with E-state index in [1.54, 1.807) is 51.1 Å². The number of halogens is 1. The minimum Gasteiger partial charge on any atom is -0.444 e. The fourth-order valence-corrected chi connectivity index (χ4v) is 1.85. The lowest BCUT2D eigenvalue weighted by Crippen LogP contribution is -2.27. The predicted molar refractivity (Wildman–Crippen MR) is 93.4 cm³/mol. The van der Waals surface area contributed by atoms with E-state index in [4.69, 9.17) is 5.73 Å². The molecular formula is C18H19FN2O5. The van der Waals surface area contributed by atoms with Crippen molar-refractivity contribution in [3.05, 3.63) is 75.6 Å². The number of primary amides is 1. The van der Waals surface area contributed by atoms with Crippen molar-refractivity contribution in [2.75, 3.05) is 0 Å². The number of ketones is 1. The Kier molecular flexibility index (Phi) is 6.95. The highest BCUT2D eigenvalue weighted by Crippen LogP contribution is 2.20. The molecule has 0 aromatic heterocycles. The number of nitrogens with two attached hydrogens (primary N) is 1. The quantitative estimate of drug-likeness (QED) is 0.506. The van der Waals surface area contributed by atoms with Crippen LogP contribution in [0.3, 0.4) is 0 Å². The molecule has 0 spiro atoms. The lowest BCUT2D eigenvalue weighted by Gasteiger charge is -2.16. The van der Waals surface area contributed by atoms with Gasteiger partial charge in [0.05, 0.1) is 4.92 Å². The highest BCUT2D eigenvalue weighted by molar-refractivity contribution is 6.09. The van der Waals surface area contributed by atoms with Crippen LogP contribution in [0.25, 0.3) is 0 Å². The van der Waals surface area contributed by atoms with E-state index in [-0.39, 0.29) is 11.3 Å². The number of nitro benzene ring substituents is 1. The summed E-state index contributed by atoms with van der Waals surface area (Å²) >= 11 is 0. The summed E-state index contributed by atoms with van der Waals surface area (Å²) in [4.78, 5) is 31.7. The van der Waals surface area contributed by atoms with Gasteiger partial charge in [0.2, 0.25) is 5.82 Å². The van der Waals surface area contributed by atoms with Crippen LogP contribution in [0.5, 0.6) is 0 Å². The molecule has 0 aliphatic carbocycles. The normalized spacial score (nSPS) is 10.3. The molecule has 0 atom stereocenters. The zero-order valence-electron chi connectivity index (χ0n) is 14.6. The average Bonchev–Trinajstić information content (AvgIpc) is 2.53. The number of amides is 1. The van der Waals surface area contributed by atoms with Crippen molar-refractivity contribution >= 4 is 17.6 Å². The molecule has 0 heterocycles. The molecule has 0 aliphatic rings. The van der Waals surface area contributed by atoms with Crippen molar-refractivity contribution in [2.24, 2.45) is 5.73 Å². The average molecular weight is 362 g/mol. The molecule has 0 fully saturated rings. The van der Waals surface area contributed by atoms with E-state index in [0.29, 0.717) is 5.56 Å². The second-order valence-corrected chi connectivity index (χ2v) is 6.15. The van der Waals surface area contributed by atoms with Gasteiger partial charge in [0, 0.05) is 17.2 Å². The third-order valence-electron chi connectivity index (χ3n) is 2.85. The Bertz CT molecular complexity index is 801. The first-order chi connectivity index (χ1) is 12.0. The van der Waals surface area contributed by atoms with Crippen LogP contribution in [0, 0.1) is 15.9 Å². The topological polar surface area (TPSA) is 113 Å². The zero-order chi connectivity index (χ0) is 19.9. The van der Waals surface area contributed by atoms with Gasteiger partial charge in [-0.2, -0.15) is 4.39 Å². The lowest BCUT2D eigenvalue weighted by atomic mass is 10.0. The molecule has 2 N–H and O–H groups in total. The Morgan fingerprint density at radius 1 is 1.08 bits per heavy atom. The fourth-order valence-electron chi connectivity index (χ4n) is 1.85. The highest BCUT2D eigenvalue weighted by Gasteiger charge is 2.18. The molecule has 2 aromatic rings. The number of rotatable bonds is 3. The van der Waals surface area contributed by atoms with E-state index in [2.05, 4.69) is 4.74 Å². The smallest absolute Gasteiger partial charge is 0.405 e. The van der Waals surface area contributed by atoms with Gasteiger partial charge in [-0.15, -0.1) is 0 Å². The molecule has 8 heteroatoms. The molecule has 138 valence electrons. The van der Waals surface area contributed by atoms with Gasteiger partial charge in [-0.05, 0) is 32.9 Å². The summed E-state index contributed by atoms with van der Waals surface area (Å²) < 4.78 is 17.7. The van der Waals surface area contributed by atoms with Crippen molar-refractivity contribution in [1.82, 2.24) is 0 Å². The summed E-state index contributed by atoms with van der Waals surface area (Å²) in [6, 6.07) is 11.4. The maximum Gasteiger partial charge on any atom is 0.405 e. The summed E-state index contributed by atoms with van der Waals surface area (Å²) in [5, 5.41) is 10.6. The summed E-state index contributed by atoms with van der Waals surface area (Å²) in [5.41, 5.74) is 4.06. The molecule has 2 aromatic carbocycles. The largest absolute Gasteiger partial charge is 0.444 e. The second kappa shape index (κ2) is 8.70. The van der Waals surface area contributed by atoms with Crippen molar-refractivity contribution in [1.29, 1.82) is 0 Å². The van der Waals surface area contributed by atoms with E-state index in [0.717, 1.165) is 12.1 Å². The van der Waals surface area contributed by atoms with Crippen molar-refractivity contribution < 1.29 is 23.6 Å². The van der Waals surface area contributed by atoms with E-state index >= 15 is 0 Å². The first-order valence-corrected chi connectivity index (χ1v) is 7.53. The summed E-state index contributed by atoms with van der Waals surface area (Å²) in [6.07, 6.45) is -0.725. The molecule has 0 aliphatic heterocycles. The monoisotopic (exact) mass is 362 g/mol. The van der Waals surface area contributed by atoms with Gasteiger partial charge >= 0.3 is 11.8 Å². The maximum absolute atomic E-state index is 13.1. The number of hydrogen-bond acceptors (Lipinski definition) is 5. The molecule has 0 saturated heterocycles. The third kappa shape index (κ3) is 6.68. The van der Waals surface area contributed by atoms with Crippen LogP contribution in [0.1, 0.15) is 36.7 Å². The molecule has 0 radical (unpaired) electrons. The zero-order valence-corrected chi connectivity index (χ0v) is 14.6. The Labute approximate surface area is 149 Å². The van der Waals surface area contributed by atoms with E-state index in [9.17, 15) is 24.1 Å². The number of hydrogen-bond donors (Lipinski definition) is 1. The Hall–Kier alpha value is -3.29. The fraction of sp³-hybridized carbons (Fsp3) is 0.222.